The molecule has 0 saturated heterocycles. The highest BCUT2D eigenvalue weighted by molar-refractivity contribution is 7.10. The number of likely N-dealkylation sites (N-methyl/N-ethyl adjacent to an activating group) is 1. The van der Waals surface area contributed by atoms with Crippen molar-refractivity contribution in [2.75, 3.05) is 20.6 Å². The summed E-state index contributed by atoms with van der Waals surface area (Å²) in [5.41, 5.74) is 8.79. The summed E-state index contributed by atoms with van der Waals surface area (Å²) in [5, 5.41) is 14.5. The summed E-state index contributed by atoms with van der Waals surface area (Å²) in [6, 6.07) is 4.55. The van der Waals surface area contributed by atoms with Gasteiger partial charge in [0.15, 0.2) is 5.96 Å². The average molecular weight is 315 g/mol. The van der Waals surface area contributed by atoms with E-state index in [1.54, 1.807) is 18.4 Å². The number of aliphatic imine (C=N–C) groups is 1. The molecule has 0 radical (unpaired) electrons. The van der Waals surface area contributed by atoms with E-state index in [4.69, 9.17) is 11.0 Å². The lowest BCUT2D eigenvalue weighted by molar-refractivity contribution is 0.510. The number of nitriles is 1. The lowest BCUT2D eigenvalue weighted by atomic mass is 10.0. The van der Waals surface area contributed by atoms with Gasteiger partial charge in [-0.15, -0.1) is 11.3 Å². The van der Waals surface area contributed by atoms with E-state index in [1.165, 1.54) is 10.4 Å². The first kappa shape index (κ1) is 16.1. The number of guanidine groups is 1. The van der Waals surface area contributed by atoms with E-state index < -0.39 is 0 Å². The van der Waals surface area contributed by atoms with Gasteiger partial charge in [-0.3, -0.25) is 4.99 Å². The SMILES string of the molecule is CCC(NC(N)=NC)c1cc(C2=CC(C#N)=CN(C)C2)cs1. The minimum absolute atomic E-state index is 0.162. The molecule has 22 heavy (non-hydrogen) atoms. The zero-order valence-electron chi connectivity index (χ0n) is 13.1. The first-order valence-electron chi connectivity index (χ1n) is 7.17. The Morgan fingerprint density at radius 3 is 3.05 bits per heavy atom. The Balaban J connectivity index is 2.23. The summed E-state index contributed by atoms with van der Waals surface area (Å²) in [6.07, 6.45) is 4.76. The standard InChI is InChI=1S/C16H21N5S/c1-4-14(20-16(18)19-2)15-6-13(10-22-15)12-5-11(7-17)8-21(3)9-12/h5-6,8,10,14H,4,9H2,1-3H3,(H3,18,19,20). The number of rotatable bonds is 4. The second-order valence-electron chi connectivity index (χ2n) is 5.23. The third-order valence-corrected chi connectivity index (χ3v) is 4.59. The maximum Gasteiger partial charge on any atom is 0.188 e. The van der Waals surface area contributed by atoms with Crippen molar-refractivity contribution in [1.82, 2.24) is 10.2 Å². The van der Waals surface area contributed by atoms with E-state index in [0.29, 0.717) is 11.5 Å². The molecule has 0 spiro atoms. The van der Waals surface area contributed by atoms with Gasteiger partial charge in [0.05, 0.1) is 11.6 Å². The van der Waals surface area contributed by atoms with Crippen LogP contribution in [0.2, 0.25) is 0 Å². The molecule has 3 N–H and O–H groups in total. The number of nitrogens with one attached hydrogen (secondary N) is 1. The van der Waals surface area contributed by atoms with Gasteiger partial charge in [0.1, 0.15) is 6.07 Å². The van der Waals surface area contributed by atoms with E-state index in [1.807, 2.05) is 24.2 Å². The molecule has 0 bridgehead atoms. The van der Waals surface area contributed by atoms with Crippen LogP contribution >= 0.6 is 11.3 Å². The van der Waals surface area contributed by atoms with E-state index in [2.05, 4.69) is 34.7 Å². The fourth-order valence-corrected chi connectivity index (χ4v) is 3.45. The van der Waals surface area contributed by atoms with E-state index in [0.717, 1.165) is 18.5 Å². The van der Waals surface area contributed by atoms with Gasteiger partial charge in [0.2, 0.25) is 0 Å². The van der Waals surface area contributed by atoms with Crippen LogP contribution in [0, 0.1) is 11.3 Å². The number of thiophene rings is 1. The van der Waals surface area contributed by atoms with E-state index in [9.17, 15) is 0 Å². The first-order valence-corrected chi connectivity index (χ1v) is 8.05. The Bertz CT molecular complexity index is 662. The Kier molecular flexibility index (Phi) is 5.23. The Labute approximate surface area is 135 Å². The molecular weight excluding hydrogens is 294 g/mol. The summed E-state index contributed by atoms with van der Waals surface area (Å²) < 4.78 is 0. The second-order valence-corrected chi connectivity index (χ2v) is 6.18. The number of nitrogens with two attached hydrogens (primary N) is 1. The molecule has 1 aromatic rings. The van der Waals surface area contributed by atoms with Crippen molar-refractivity contribution in [2.24, 2.45) is 10.7 Å². The van der Waals surface area contributed by atoms with Gasteiger partial charge in [-0.1, -0.05) is 6.92 Å². The molecule has 1 aliphatic rings. The molecule has 6 heteroatoms. The maximum atomic E-state index is 9.11. The minimum Gasteiger partial charge on any atom is -0.375 e. The van der Waals surface area contributed by atoms with Gasteiger partial charge < -0.3 is 16.0 Å². The zero-order chi connectivity index (χ0) is 16.1. The highest BCUT2D eigenvalue weighted by atomic mass is 32.1. The normalized spacial score (nSPS) is 16.6. The van der Waals surface area contributed by atoms with Crippen molar-refractivity contribution in [3.05, 3.63) is 39.7 Å². The highest BCUT2D eigenvalue weighted by Gasteiger charge is 2.16. The fraction of sp³-hybridized carbons (Fsp3) is 0.375. The summed E-state index contributed by atoms with van der Waals surface area (Å²) >= 11 is 1.70. The summed E-state index contributed by atoms with van der Waals surface area (Å²) in [7, 11) is 3.65. The summed E-state index contributed by atoms with van der Waals surface area (Å²) in [4.78, 5) is 7.21. The van der Waals surface area contributed by atoms with Crippen LogP contribution < -0.4 is 11.1 Å². The van der Waals surface area contributed by atoms with Crippen LogP contribution in [0.1, 0.15) is 29.8 Å². The van der Waals surface area contributed by atoms with Gasteiger partial charge in [-0.25, -0.2) is 0 Å². The lowest BCUT2D eigenvalue weighted by Gasteiger charge is -2.20. The van der Waals surface area contributed by atoms with Crippen molar-refractivity contribution >= 4 is 22.9 Å². The first-order chi connectivity index (χ1) is 10.6. The quantitative estimate of drug-likeness (QED) is 0.661. The van der Waals surface area contributed by atoms with Crippen molar-refractivity contribution in [2.45, 2.75) is 19.4 Å². The monoisotopic (exact) mass is 315 g/mol. The molecule has 0 amide bonds. The summed E-state index contributed by atoms with van der Waals surface area (Å²) in [5.74, 6) is 0.452. The molecule has 0 saturated carbocycles. The molecule has 1 aliphatic heterocycles. The number of allylic oxidation sites excluding steroid dienone is 2. The molecule has 0 aromatic carbocycles. The number of hydrogen-bond donors (Lipinski definition) is 2. The molecule has 2 rings (SSSR count). The highest BCUT2D eigenvalue weighted by Crippen LogP contribution is 2.30. The lowest BCUT2D eigenvalue weighted by Crippen LogP contribution is -2.34. The molecule has 2 heterocycles. The molecule has 116 valence electrons. The molecule has 0 aliphatic carbocycles. The molecule has 0 fully saturated rings. The van der Waals surface area contributed by atoms with Crippen LogP contribution in [-0.2, 0) is 0 Å². The third-order valence-electron chi connectivity index (χ3n) is 3.54. The predicted molar refractivity (Wildman–Crippen MR) is 92.3 cm³/mol. The van der Waals surface area contributed by atoms with Gasteiger partial charge in [-0.05, 0) is 35.1 Å². The zero-order valence-corrected chi connectivity index (χ0v) is 13.9. The fourth-order valence-electron chi connectivity index (χ4n) is 2.38. The molecular formula is C16H21N5S. The number of nitrogens with zero attached hydrogens (tertiary/aromatic N) is 3. The van der Waals surface area contributed by atoms with Gasteiger partial charge >= 0.3 is 0 Å². The topological polar surface area (TPSA) is 77.4 Å². The average Bonchev–Trinajstić information content (AvgIpc) is 3.01. The van der Waals surface area contributed by atoms with Gasteiger partial charge in [0, 0.05) is 31.7 Å². The minimum atomic E-state index is 0.162. The largest absolute Gasteiger partial charge is 0.375 e. The third kappa shape index (κ3) is 3.68. The Morgan fingerprint density at radius 1 is 1.64 bits per heavy atom. The van der Waals surface area contributed by atoms with Crippen molar-refractivity contribution < 1.29 is 0 Å². The smallest absolute Gasteiger partial charge is 0.188 e. The van der Waals surface area contributed by atoms with Crippen LogP contribution in [0.3, 0.4) is 0 Å². The van der Waals surface area contributed by atoms with Crippen molar-refractivity contribution in [3.63, 3.8) is 0 Å². The predicted octanol–water partition coefficient (Wildman–Crippen LogP) is 2.47. The Morgan fingerprint density at radius 2 is 2.41 bits per heavy atom. The number of hydrogen-bond acceptors (Lipinski definition) is 4. The Hall–Kier alpha value is -2.26. The van der Waals surface area contributed by atoms with E-state index in [-0.39, 0.29) is 6.04 Å². The molecule has 1 unspecified atom stereocenters. The van der Waals surface area contributed by atoms with Crippen LogP contribution in [0.25, 0.3) is 5.57 Å². The van der Waals surface area contributed by atoms with Crippen LogP contribution in [0.15, 0.2) is 34.3 Å². The van der Waals surface area contributed by atoms with Crippen LogP contribution in [-0.4, -0.2) is 31.5 Å². The maximum absolute atomic E-state index is 9.11. The molecule has 1 atom stereocenters. The summed E-state index contributed by atoms with van der Waals surface area (Å²) in [6.45, 7) is 2.92. The van der Waals surface area contributed by atoms with Crippen LogP contribution in [0.5, 0.6) is 0 Å². The van der Waals surface area contributed by atoms with Crippen LogP contribution in [0.4, 0.5) is 0 Å². The molecule has 1 aromatic heterocycles. The van der Waals surface area contributed by atoms with Gasteiger partial charge in [0.25, 0.3) is 0 Å². The van der Waals surface area contributed by atoms with Gasteiger partial charge in [-0.2, -0.15) is 5.26 Å². The van der Waals surface area contributed by atoms with Crippen molar-refractivity contribution in [1.29, 1.82) is 5.26 Å². The van der Waals surface area contributed by atoms with Crippen molar-refractivity contribution in [3.8, 4) is 6.07 Å². The second kappa shape index (κ2) is 7.14. The molecule has 5 nitrogen and oxygen atoms in total. The van der Waals surface area contributed by atoms with E-state index >= 15 is 0 Å².